The number of phenols is 1. The fourth-order valence-corrected chi connectivity index (χ4v) is 1.57. The van der Waals surface area contributed by atoms with Gasteiger partial charge in [0.05, 0.1) is 5.56 Å². The van der Waals surface area contributed by atoms with E-state index >= 15 is 0 Å². The van der Waals surface area contributed by atoms with Crippen molar-refractivity contribution >= 4 is 17.6 Å². The number of carboxylic acids is 1. The van der Waals surface area contributed by atoms with Crippen LogP contribution in [0.15, 0.2) is 12.1 Å². The molecule has 0 atom stereocenters. The van der Waals surface area contributed by atoms with Gasteiger partial charge in [-0.15, -0.1) is 0 Å². The molecule has 94 valence electrons. The molecule has 0 radical (unpaired) electrons. The highest BCUT2D eigenvalue weighted by molar-refractivity contribution is 6.31. The number of halogens is 4. The number of rotatable bonds is 3. The molecule has 0 aliphatic heterocycles. The van der Waals surface area contributed by atoms with Crippen LogP contribution in [0.5, 0.6) is 5.75 Å². The number of carbonyl (C=O) groups is 1. The minimum absolute atomic E-state index is 0.00191. The van der Waals surface area contributed by atoms with Crippen molar-refractivity contribution in [2.75, 3.05) is 0 Å². The summed E-state index contributed by atoms with van der Waals surface area (Å²) in [6.45, 7) is 0. The number of carboxylic acid groups (broad SMARTS) is 1. The van der Waals surface area contributed by atoms with Crippen molar-refractivity contribution in [1.29, 1.82) is 0 Å². The fourth-order valence-electron chi connectivity index (χ4n) is 1.27. The lowest BCUT2D eigenvalue weighted by Gasteiger charge is -2.11. The van der Waals surface area contributed by atoms with Gasteiger partial charge in [0.25, 0.3) is 0 Å². The van der Waals surface area contributed by atoms with Crippen LogP contribution in [-0.4, -0.2) is 16.2 Å². The first-order valence-corrected chi connectivity index (χ1v) is 4.90. The van der Waals surface area contributed by atoms with E-state index in [9.17, 15) is 23.1 Å². The second-order valence-electron chi connectivity index (χ2n) is 3.35. The normalized spacial score (nSPS) is 11.5. The third kappa shape index (κ3) is 3.52. The Hall–Kier alpha value is -1.43. The highest BCUT2D eigenvalue weighted by Crippen LogP contribution is 2.36. The molecule has 0 unspecified atom stereocenters. The fraction of sp³-hybridized carbons (Fsp3) is 0.300. The molecule has 0 spiro atoms. The van der Waals surface area contributed by atoms with Crippen LogP contribution in [0.25, 0.3) is 0 Å². The van der Waals surface area contributed by atoms with E-state index in [4.69, 9.17) is 16.7 Å². The standard InChI is InChI=1S/C10H8ClF3O3/c11-7-3-5(10(12,13)14)4-8(15)6(7)1-2-9(16)17/h3-4,15H,1-2H2,(H,16,17). The largest absolute Gasteiger partial charge is 0.508 e. The van der Waals surface area contributed by atoms with Gasteiger partial charge in [0.15, 0.2) is 0 Å². The van der Waals surface area contributed by atoms with Gasteiger partial charge >= 0.3 is 12.1 Å². The van der Waals surface area contributed by atoms with Gasteiger partial charge < -0.3 is 10.2 Å². The first-order chi connectivity index (χ1) is 7.71. The van der Waals surface area contributed by atoms with Crippen molar-refractivity contribution in [1.82, 2.24) is 0 Å². The summed E-state index contributed by atoms with van der Waals surface area (Å²) in [6, 6.07) is 1.20. The maximum absolute atomic E-state index is 12.3. The molecule has 0 heterocycles. The predicted molar refractivity (Wildman–Crippen MR) is 54.1 cm³/mol. The van der Waals surface area contributed by atoms with E-state index in [1.165, 1.54) is 0 Å². The van der Waals surface area contributed by atoms with Gasteiger partial charge in [0.2, 0.25) is 0 Å². The maximum Gasteiger partial charge on any atom is 0.416 e. The van der Waals surface area contributed by atoms with Crippen LogP contribution < -0.4 is 0 Å². The Morgan fingerprint density at radius 2 is 1.94 bits per heavy atom. The smallest absolute Gasteiger partial charge is 0.416 e. The quantitative estimate of drug-likeness (QED) is 0.886. The lowest BCUT2D eigenvalue weighted by Crippen LogP contribution is -2.06. The molecule has 0 aliphatic rings. The Balaban J connectivity index is 3.07. The number of hydrogen-bond donors (Lipinski definition) is 2. The van der Waals surface area contributed by atoms with Gasteiger partial charge in [-0.25, -0.2) is 0 Å². The third-order valence-electron chi connectivity index (χ3n) is 2.09. The highest BCUT2D eigenvalue weighted by atomic mass is 35.5. The van der Waals surface area contributed by atoms with Crippen LogP contribution in [0.3, 0.4) is 0 Å². The Kier molecular flexibility index (Phi) is 3.87. The van der Waals surface area contributed by atoms with Gasteiger partial charge in [-0.2, -0.15) is 13.2 Å². The van der Waals surface area contributed by atoms with Gasteiger partial charge in [-0.3, -0.25) is 4.79 Å². The minimum atomic E-state index is -4.60. The lowest BCUT2D eigenvalue weighted by atomic mass is 10.1. The second kappa shape index (κ2) is 4.83. The van der Waals surface area contributed by atoms with E-state index in [2.05, 4.69) is 0 Å². The molecular weight excluding hydrogens is 261 g/mol. The molecule has 0 fully saturated rings. The average molecular weight is 269 g/mol. The average Bonchev–Trinajstić information content (AvgIpc) is 2.14. The van der Waals surface area contributed by atoms with E-state index in [0.29, 0.717) is 12.1 Å². The molecular formula is C10H8ClF3O3. The summed E-state index contributed by atoms with van der Waals surface area (Å²) < 4.78 is 37.0. The molecule has 0 bridgehead atoms. The SMILES string of the molecule is O=C(O)CCc1c(O)cc(C(F)(F)F)cc1Cl. The lowest BCUT2D eigenvalue weighted by molar-refractivity contribution is -0.138. The number of aromatic hydroxyl groups is 1. The van der Waals surface area contributed by atoms with E-state index in [-0.39, 0.29) is 23.4 Å². The van der Waals surface area contributed by atoms with E-state index in [1.54, 1.807) is 0 Å². The van der Waals surface area contributed by atoms with Crippen LogP contribution in [0.2, 0.25) is 5.02 Å². The van der Waals surface area contributed by atoms with Crippen molar-refractivity contribution in [3.63, 3.8) is 0 Å². The van der Waals surface area contributed by atoms with E-state index in [1.807, 2.05) is 0 Å². The van der Waals surface area contributed by atoms with Gasteiger partial charge in [-0.1, -0.05) is 11.6 Å². The van der Waals surface area contributed by atoms with Crippen LogP contribution in [0.1, 0.15) is 17.5 Å². The number of alkyl halides is 3. The molecule has 0 saturated carbocycles. The van der Waals surface area contributed by atoms with Crippen LogP contribution >= 0.6 is 11.6 Å². The zero-order valence-electron chi connectivity index (χ0n) is 8.38. The summed E-state index contributed by atoms with van der Waals surface area (Å²) >= 11 is 5.57. The van der Waals surface area contributed by atoms with Crippen LogP contribution in [0.4, 0.5) is 13.2 Å². The number of benzene rings is 1. The zero-order valence-corrected chi connectivity index (χ0v) is 9.14. The van der Waals surface area contributed by atoms with Gasteiger partial charge in [-0.05, 0) is 18.6 Å². The molecule has 17 heavy (non-hydrogen) atoms. The van der Waals surface area contributed by atoms with Crippen LogP contribution in [-0.2, 0) is 17.4 Å². The number of aliphatic carboxylic acids is 1. The van der Waals surface area contributed by atoms with Gasteiger partial charge in [0, 0.05) is 17.0 Å². The predicted octanol–water partition coefficient (Wildman–Crippen LogP) is 3.08. The number of phenolic OH excluding ortho intramolecular Hbond substituents is 1. The highest BCUT2D eigenvalue weighted by Gasteiger charge is 2.32. The van der Waals surface area contributed by atoms with E-state index < -0.39 is 23.5 Å². The third-order valence-corrected chi connectivity index (χ3v) is 2.43. The Morgan fingerprint density at radius 3 is 2.35 bits per heavy atom. The van der Waals surface area contributed by atoms with Crippen LogP contribution in [0, 0.1) is 0 Å². The van der Waals surface area contributed by atoms with Gasteiger partial charge in [0.1, 0.15) is 5.75 Å². The number of hydrogen-bond acceptors (Lipinski definition) is 2. The molecule has 2 N–H and O–H groups in total. The second-order valence-corrected chi connectivity index (χ2v) is 3.75. The van der Waals surface area contributed by atoms with E-state index in [0.717, 1.165) is 0 Å². The molecule has 0 amide bonds. The summed E-state index contributed by atoms with van der Waals surface area (Å²) in [6.07, 6.45) is -5.05. The van der Waals surface area contributed by atoms with Crippen molar-refractivity contribution in [3.05, 3.63) is 28.3 Å². The van der Waals surface area contributed by atoms with Crippen molar-refractivity contribution in [2.45, 2.75) is 19.0 Å². The molecule has 0 saturated heterocycles. The first-order valence-electron chi connectivity index (χ1n) is 4.52. The molecule has 1 aromatic rings. The first kappa shape index (κ1) is 13.6. The molecule has 3 nitrogen and oxygen atoms in total. The summed E-state index contributed by atoms with van der Waals surface area (Å²) in [7, 11) is 0. The summed E-state index contributed by atoms with van der Waals surface area (Å²) in [4.78, 5) is 10.3. The molecule has 0 aromatic heterocycles. The summed E-state index contributed by atoms with van der Waals surface area (Å²) in [5.74, 6) is -1.77. The summed E-state index contributed by atoms with van der Waals surface area (Å²) in [5.41, 5.74) is -1.07. The summed E-state index contributed by atoms with van der Waals surface area (Å²) in [5, 5.41) is 17.5. The zero-order chi connectivity index (χ0) is 13.2. The topological polar surface area (TPSA) is 57.5 Å². The van der Waals surface area contributed by atoms with Crippen molar-refractivity contribution in [2.24, 2.45) is 0 Å². The maximum atomic E-state index is 12.3. The molecule has 1 aromatic carbocycles. The molecule has 0 aliphatic carbocycles. The molecule has 7 heteroatoms. The van der Waals surface area contributed by atoms with Crippen molar-refractivity contribution < 1.29 is 28.2 Å². The van der Waals surface area contributed by atoms with Crippen molar-refractivity contribution in [3.8, 4) is 5.75 Å². The minimum Gasteiger partial charge on any atom is -0.508 e. The Morgan fingerprint density at radius 1 is 1.35 bits per heavy atom. The molecule has 1 rings (SSSR count). The Bertz CT molecular complexity index is 420. The monoisotopic (exact) mass is 268 g/mol. The Labute approximate surface area is 99.4 Å².